The van der Waals surface area contributed by atoms with E-state index in [1.54, 1.807) is 0 Å². The van der Waals surface area contributed by atoms with Crippen molar-refractivity contribution < 1.29 is 36.3 Å². The van der Waals surface area contributed by atoms with E-state index in [0.717, 1.165) is 0 Å². The zero-order valence-corrected chi connectivity index (χ0v) is 15.3. The van der Waals surface area contributed by atoms with E-state index in [9.17, 15) is 26.8 Å². The molecule has 0 aromatic heterocycles. The molecule has 2 rings (SSSR count). The Labute approximate surface area is 159 Å². The van der Waals surface area contributed by atoms with Crippen LogP contribution in [0, 0.1) is 0 Å². The van der Waals surface area contributed by atoms with Crippen LogP contribution in [0.25, 0.3) is 0 Å². The van der Waals surface area contributed by atoms with Gasteiger partial charge in [0.05, 0.1) is 10.5 Å². The molecule has 0 saturated carbocycles. The maximum atomic E-state index is 12.1. The highest BCUT2D eigenvalue weighted by atomic mass is 32.2. The molecule has 0 bridgehead atoms. The largest absolute Gasteiger partial charge is 0.449 e. The molecule has 0 spiro atoms. The molecule has 150 valence electrons. The number of carbonyl (C=O) groups is 2. The average Bonchev–Trinajstić information content (AvgIpc) is 2.61. The molecule has 11 heteroatoms. The van der Waals surface area contributed by atoms with E-state index in [1.165, 1.54) is 55.5 Å². The summed E-state index contributed by atoms with van der Waals surface area (Å²) in [5.74, 6) is -1.62. The Balaban J connectivity index is 1.95. The molecule has 0 aliphatic rings. The lowest BCUT2D eigenvalue weighted by molar-refractivity contribution is -0.123. The SMILES string of the molecule is C[C@@H](OC(=O)c1ccc(OC(F)F)cc1)C(=O)Nc1ccc(S(N)(=O)=O)cc1. The van der Waals surface area contributed by atoms with Gasteiger partial charge in [-0.3, -0.25) is 4.79 Å². The van der Waals surface area contributed by atoms with Crippen LogP contribution in [0.4, 0.5) is 14.5 Å². The average molecular weight is 414 g/mol. The van der Waals surface area contributed by atoms with Crippen LogP contribution >= 0.6 is 0 Å². The number of benzene rings is 2. The Morgan fingerprint density at radius 1 is 1.04 bits per heavy atom. The number of alkyl halides is 2. The molecule has 0 saturated heterocycles. The Morgan fingerprint density at radius 3 is 2.11 bits per heavy atom. The number of sulfonamides is 1. The van der Waals surface area contributed by atoms with Crippen molar-refractivity contribution in [3.63, 3.8) is 0 Å². The molecule has 0 heterocycles. The van der Waals surface area contributed by atoms with Gasteiger partial charge in [0.15, 0.2) is 6.10 Å². The van der Waals surface area contributed by atoms with Crippen LogP contribution in [-0.4, -0.2) is 33.0 Å². The van der Waals surface area contributed by atoms with Crippen LogP contribution in [0.1, 0.15) is 17.3 Å². The first-order chi connectivity index (χ1) is 13.1. The van der Waals surface area contributed by atoms with Crippen LogP contribution in [0.15, 0.2) is 53.4 Å². The number of amides is 1. The van der Waals surface area contributed by atoms with E-state index in [2.05, 4.69) is 10.1 Å². The minimum absolute atomic E-state index is 0.0405. The summed E-state index contributed by atoms with van der Waals surface area (Å²) in [5.41, 5.74) is 0.313. The number of ether oxygens (including phenoxy) is 2. The standard InChI is InChI=1S/C17H16F2N2O6S/c1-10(15(22)21-12-4-8-14(9-5-12)28(20,24)25)26-16(23)11-2-6-13(7-3-11)27-17(18)19/h2-10,17H,1H3,(H,21,22)(H2,20,24,25)/t10-/m1/s1. The summed E-state index contributed by atoms with van der Waals surface area (Å²) in [5, 5.41) is 7.43. The van der Waals surface area contributed by atoms with Gasteiger partial charge in [-0.05, 0) is 55.5 Å². The third-order valence-electron chi connectivity index (χ3n) is 3.42. The number of nitrogens with two attached hydrogens (primary N) is 1. The van der Waals surface area contributed by atoms with Gasteiger partial charge in [-0.15, -0.1) is 0 Å². The van der Waals surface area contributed by atoms with Crippen molar-refractivity contribution in [2.24, 2.45) is 5.14 Å². The summed E-state index contributed by atoms with van der Waals surface area (Å²) in [6, 6.07) is 9.85. The van der Waals surface area contributed by atoms with Gasteiger partial charge in [-0.25, -0.2) is 18.4 Å². The summed E-state index contributed by atoms with van der Waals surface area (Å²) in [6.45, 7) is -1.65. The minimum atomic E-state index is -3.85. The maximum Gasteiger partial charge on any atom is 0.387 e. The van der Waals surface area contributed by atoms with E-state index in [1.807, 2.05) is 0 Å². The normalized spacial score (nSPS) is 12.3. The first-order valence-corrected chi connectivity index (χ1v) is 9.30. The summed E-state index contributed by atoms with van der Waals surface area (Å²) in [4.78, 5) is 24.0. The van der Waals surface area contributed by atoms with E-state index in [4.69, 9.17) is 9.88 Å². The second-order valence-corrected chi connectivity index (χ2v) is 7.07. The van der Waals surface area contributed by atoms with E-state index in [0.29, 0.717) is 0 Å². The van der Waals surface area contributed by atoms with Crippen molar-refractivity contribution in [3.05, 3.63) is 54.1 Å². The lowest BCUT2D eigenvalue weighted by Crippen LogP contribution is -2.30. The Kier molecular flexibility index (Phi) is 6.65. The highest BCUT2D eigenvalue weighted by molar-refractivity contribution is 7.89. The third kappa shape index (κ3) is 5.99. The van der Waals surface area contributed by atoms with Crippen molar-refractivity contribution in [1.29, 1.82) is 0 Å². The zero-order valence-electron chi connectivity index (χ0n) is 14.5. The Morgan fingerprint density at radius 2 is 1.61 bits per heavy atom. The molecule has 0 aliphatic heterocycles. The van der Waals surface area contributed by atoms with Crippen LogP contribution in [0.2, 0.25) is 0 Å². The quantitative estimate of drug-likeness (QED) is 0.669. The number of anilines is 1. The molecule has 0 unspecified atom stereocenters. The van der Waals surface area contributed by atoms with Gasteiger partial charge in [0, 0.05) is 5.69 Å². The number of hydrogen-bond donors (Lipinski definition) is 2. The van der Waals surface area contributed by atoms with Gasteiger partial charge in [-0.2, -0.15) is 8.78 Å². The fourth-order valence-corrected chi connectivity index (χ4v) is 2.54. The zero-order chi connectivity index (χ0) is 20.9. The highest BCUT2D eigenvalue weighted by Gasteiger charge is 2.19. The first-order valence-electron chi connectivity index (χ1n) is 7.76. The monoisotopic (exact) mass is 414 g/mol. The number of rotatable bonds is 7. The molecule has 0 radical (unpaired) electrons. The van der Waals surface area contributed by atoms with E-state index in [-0.39, 0.29) is 21.9 Å². The van der Waals surface area contributed by atoms with Gasteiger partial charge in [0.2, 0.25) is 10.0 Å². The first kappa shape index (κ1) is 21.3. The molecule has 1 amide bonds. The maximum absolute atomic E-state index is 12.1. The van der Waals surface area contributed by atoms with Gasteiger partial charge in [-0.1, -0.05) is 0 Å². The number of carbonyl (C=O) groups excluding carboxylic acids is 2. The molecule has 0 aliphatic carbocycles. The van der Waals surface area contributed by atoms with Gasteiger partial charge < -0.3 is 14.8 Å². The van der Waals surface area contributed by atoms with Gasteiger partial charge >= 0.3 is 12.6 Å². The number of primary sulfonamides is 1. The second-order valence-electron chi connectivity index (χ2n) is 5.51. The van der Waals surface area contributed by atoms with Crippen LogP contribution in [0.3, 0.4) is 0 Å². The van der Waals surface area contributed by atoms with Crippen molar-refractivity contribution in [2.45, 2.75) is 24.5 Å². The summed E-state index contributed by atoms with van der Waals surface area (Å²) in [6.07, 6.45) is -1.18. The number of hydrogen-bond acceptors (Lipinski definition) is 6. The molecular formula is C17H16F2N2O6S. The molecule has 1 atom stereocenters. The predicted molar refractivity (Wildman–Crippen MR) is 94.4 cm³/mol. The molecule has 8 nitrogen and oxygen atoms in total. The second kappa shape index (κ2) is 8.76. The summed E-state index contributed by atoms with van der Waals surface area (Å²) >= 11 is 0. The molecular weight excluding hydrogens is 398 g/mol. The van der Waals surface area contributed by atoms with Crippen molar-refractivity contribution in [3.8, 4) is 5.75 Å². The fourth-order valence-electron chi connectivity index (χ4n) is 2.03. The van der Waals surface area contributed by atoms with E-state index >= 15 is 0 Å². The van der Waals surface area contributed by atoms with Crippen LogP contribution in [0.5, 0.6) is 5.75 Å². The number of esters is 1. The highest BCUT2D eigenvalue weighted by Crippen LogP contribution is 2.17. The van der Waals surface area contributed by atoms with Gasteiger partial charge in [0.1, 0.15) is 5.75 Å². The number of nitrogens with one attached hydrogen (secondary N) is 1. The lowest BCUT2D eigenvalue weighted by atomic mass is 10.2. The third-order valence-corrected chi connectivity index (χ3v) is 4.35. The molecule has 2 aromatic carbocycles. The van der Waals surface area contributed by atoms with Crippen LogP contribution in [-0.2, 0) is 19.6 Å². The topological polar surface area (TPSA) is 125 Å². The van der Waals surface area contributed by atoms with Crippen LogP contribution < -0.4 is 15.2 Å². The molecule has 28 heavy (non-hydrogen) atoms. The van der Waals surface area contributed by atoms with Gasteiger partial charge in [0.25, 0.3) is 5.91 Å². The lowest BCUT2D eigenvalue weighted by Gasteiger charge is -2.14. The van der Waals surface area contributed by atoms with E-state index < -0.39 is 34.6 Å². The molecule has 3 N–H and O–H groups in total. The Bertz CT molecular complexity index is 947. The predicted octanol–water partition coefficient (Wildman–Crippen LogP) is 2.12. The smallest absolute Gasteiger partial charge is 0.387 e. The van der Waals surface area contributed by atoms with Crippen molar-refractivity contribution in [2.75, 3.05) is 5.32 Å². The Hall–Kier alpha value is -3.05. The van der Waals surface area contributed by atoms with Crippen molar-refractivity contribution in [1.82, 2.24) is 0 Å². The summed E-state index contributed by atoms with van der Waals surface area (Å²) < 4.78 is 55.8. The molecule has 2 aromatic rings. The summed E-state index contributed by atoms with van der Waals surface area (Å²) in [7, 11) is -3.85. The minimum Gasteiger partial charge on any atom is -0.449 e. The number of halogens is 2. The fraction of sp³-hybridized carbons (Fsp3) is 0.176. The van der Waals surface area contributed by atoms with Crippen molar-refractivity contribution >= 4 is 27.6 Å². The molecule has 0 fully saturated rings.